The average Bonchev–Trinajstić information content (AvgIpc) is 3.15. The van der Waals surface area contributed by atoms with Crippen molar-refractivity contribution in [1.29, 1.82) is 0 Å². The number of fused-ring (bicyclic) bond motifs is 1. The fourth-order valence-corrected chi connectivity index (χ4v) is 3.97. The zero-order valence-electron chi connectivity index (χ0n) is 19.6. The Kier molecular flexibility index (Phi) is 6.40. The highest BCUT2D eigenvalue weighted by molar-refractivity contribution is 5.94. The van der Waals surface area contributed by atoms with Crippen LogP contribution in [-0.2, 0) is 11.2 Å². The maximum Gasteiger partial charge on any atom is 0.220 e. The Hall–Kier alpha value is -3.73. The van der Waals surface area contributed by atoms with Gasteiger partial charge >= 0.3 is 0 Å². The molecule has 0 saturated heterocycles. The number of hydrogen-bond acceptors (Lipinski definition) is 3. The van der Waals surface area contributed by atoms with Crippen LogP contribution in [0.15, 0.2) is 66.9 Å². The van der Waals surface area contributed by atoms with Crippen LogP contribution in [0.2, 0.25) is 0 Å². The van der Waals surface area contributed by atoms with Gasteiger partial charge in [0.05, 0.1) is 11.4 Å². The maximum atomic E-state index is 12.4. The summed E-state index contributed by atoms with van der Waals surface area (Å²) in [4.78, 5) is 28.9. The first-order valence-corrected chi connectivity index (χ1v) is 11.3. The molecule has 1 amide bonds. The number of benzene rings is 2. The summed E-state index contributed by atoms with van der Waals surface area (Å²) >= 11 is 0. The molecule has 0 atom stereocenters. The molecule has 0 fully saturated rings. The smallest absolute Gasteiger partial charge is 0.220 e. The number of Topliss-reactive ketones (excluding diaryl/α,β-unsaturated/α-hetero) is 1. The molecule has 4 aromatic rings. The van der Waals surface area contributed by atoms with Crippen molar-refractivity contribution < 1.29 is 9.59 Å². The lowest BCUT2D eigenvalue weighted by atomic mass is 10.0. The van der Waals surface area contributed by atoms with Gasteiger partial charge in [0.1, 0.15) is 5.65 Å². The molecule has 1 N–H and O–H groups in total. The molecule has 0 spiro atoms. The highest BCUT2D eigenvalue weighted by atomic mass is 16.1. The minimum atomic E-state index is 0.0331. The van der Waals surface area contributed by atoms with Crippen molar-refractivity contribution >= 4 is 17.3 Å². The van der Waals surface area contributed by atoms with Crippen molar-refractivity contribution in [2.24, 2.45) is 0 Å². The number of aromatic nitrogens is 2. The van der Waals surface area contributed by atoms with Crippen molar-refractivity contribution in [2.75, 3.05) is 0 Å². The first-order valence-electron chi connectivity index (χ1n) is 11.3. The number of carbonyl (C=O) groups excluding carboxylic acids is 2. The predicted molar refractivity (Wildman–Crippen MR) is 132 cm³/mol. The van der Waals surface area contributed by atoms with Crippen LogP contribution in [0, 0.1) is 6.92 Å². The van der Waals surface area contributed by atoms with Crippen LogP contribution in [0.3, 0.4) is 0 Å². The lowest BCUT2D eigenvalue weighted by molar-refractivity contribution is -0.121. The van der Waals surface area contributed by atoms with Crippen LogP contribution >= 0.6 is 0 Å². The number of rotatable bonds is 7. The molecule has 2 aromatic carbocycles. The van der Waals surface area contributed by atoms with Crippen LogP contribution in [0.5, 0.6) is 0 Å². The van der Waals surface area contributed by atoms with Gasteiger partial charge in [-0.3, -0.25) is 9.59 Å². The number of pyridine rings is 1. The molecule has 0 bridgehead atoms. The molecule has 2 aromatic heterocycles. The van der Waals surface area contributed by atoms with Crippen LogP contribution in [0.1, 0.15) is 48.8 Å². The molecule has 4 rings (SSSR count). The van der Waals surface area contributed by atoms with Crippen molar-refractivity contribution in [3.63, 3.8) is 0 Å². The zero-order chi connectivity index (χ0) is 23.5. The molecule has 2 heterocycles. The summed E-state index contributed by atoms with van der Waals surface area (Å²) < 4.78 is 2.09. The highest BCUT2D eigenvalue weighted by Gasteiger charge is 2.16. The third kappa shape index (κ3) is 5.03. The van der Waals surface area contributed by atoms with Gasteiger partial charge in [-0.15, -0.1) is 0 Å². The molecule has 0 aliphatic rings. The van der Waals surface area contributed by atoms with Gasteiger partial charge in [0.2, 0.25) is 5.91 Å². The zero-order valence-corrected chi connectivity index (χ0v) is 19.6. The van der Waals surface area contributed by atoms with E-state index in [0.717, 1.165) is 33.7 Å². The van der Waals surface area contributed by atoms with Crippen molar-refractivity contribution in [3.05, 3.63) is 83.7 Å². The molecular weight excluding hydrogens is 410 g/mol. The van der Waals surface area contributed by atoms with Gasteiger partial charge in [0.15, 0.2) is 5.78 Å². The molecule has 168 valence electrons. The summed E-state index contributed by atoms with van der Waals surface area (Å²) in [6, 6.07) is 20.1. The SMILES string of the molecule is CC(=O)c1ccc(-c2ccc3nc(-c4ccc(C)cc4)c(CCC(=O)NC(C)C)n3c2)cc1. The van der Waals surface area contributed by atoms with Crippen molar-refractivity contribution in [3.8, 4) is 22.4 Å². The van der Waals surface area contributed by atoms with Gasteiger partial charge in [0.25, 0.3) is 0 Å². The number of nitrogens with one attached hydrogen (secondary N) is 1. The van der Waals surface area contributed by atoms with Gasteiger partial charge in [-0.05, 0) is 57.4 Å². The van der Waals surface area contributed by atoms with E-state index in [2.05, 4.69) is 47.1 Å². The number of ketones is 1. The van der Waals surface area contributed by atoms with Crippen molar-refractivity contribution in [2.45, 2.75) is 46.6 Å². The second kappa shape index (κ2) is 9.41. The lowest BCUT2D eigenvalue weighted by Crippen LogP contribution is -2.30. The Labute approximate surface area is 194 Å². The van der Waals surface area contributed by atoms with E-state index in [1.54, 1.807) is 6.92 Å². The Balaban J connectivity index is 1.77. The topological polar surface area (TPSA) is 63.5 Å². The normalized spacial score (nSPS) is 11.2. The van der Waals surface area contributed by atoms with E-state index >= 15 is 0 Å². The number of imidazole rings is 1. The highest BCUT2D eigenvalue weighted by Crippen LogP contribution is 2.28. The third-order valence-electron chi connectivity index (χ3n) is 5.71. The first kappa shape index (κ1) is 22.5. The third-order valence-corrected chi connectivity index (χ3v) is 5.71. The van der Waals surface area contributed by atoms with E-state index in [-0.39, 0.29) is 17.7 Å². The summed E-state index contributed by atoms with van der Waals surface area (Å²) in [7, 11) is 0. The van der Waals surface area contributed by atoms with Gasteiger partial charge in [-0.1, -0.05) is 54.1 Å². The Bertz CT molecular complexity index is 1300. The van der Waals surface area contributed by atoms with Gasteiger partial charge in [-0.2, -0.15) is 0 Å². The Morgan fingerprint density at radius 1 is 0.909 bits per heavy atom. The monoisotopic (exact) mass is 439 g/mol. The second-order valence-electron chi connectivity index (χ2n) is 8.77. The average molecular weight is 440 g/mol. The molecular formula is C28H29N3O2. The molecule has 0 aliphatic carbocycles. The lowest BCUT2D eigenvalue weighted by Gasteiger charge is -2.10. The van der Waals surface area contributed by atoms with Gasteiger partial charge < -0.3 is 9.72 Å². The molecule has 0 saturated carbocycles. The standard InChI is InChI=1S/C28H29N3O2/c1-18(2)29-27(33)16-14-25-28(23-7-5-19(3)6-8-23)30-26-15-13-24(17-31(25)26)22-11-9-21(10-12-22)20(4)32/h5-13,15,17-18H,14,16H2,1-4H3,(H,29,33). The molecule has 0 unspecified atom stereocenters. The minimum Gasteiger partial charge on any atom is -0.354 e. The molecule has 0 aliphatic heterocycles. The quantitative estimate of drug-likeness (QED) is 0.379. The Morgan fingerprint density at radius 3 is 2.18 bits per heavy atom. The maximum absolute atomic E-state index is 12.4. The summed E-state index contributed by atoms with van der Waals surface area (Å²) in [6.07, 6.45) is 3.04. The summed E-state index contributed by atoms with van der Waals surface area (Å²) in [6.45, 7) is 7.57. The summed E-state index contributed by atoms with van der Waals surface area (Å²) in [5.41, 5.74) is 7.73. The molecule has 5 nitrogen and oxygen atoms in total. The fraction of sp³-hybridized carbons (Fsp3) is 0.250. The van der Waals surface area contributed by atoms with Crippen LogP contribution < -0.4 is 5.32 Å². The number of amides is 1. The largest absolute Gasteiger partial charge is 0.354 e. The van der Waals surface area contributed by atoms with E-state index < -0.39 is 0 Å². The number of aryl methyl sites for hydroxylation is 2. The van der Waals surface area contributed by atoms with E-state index in [1.807, 2.05) is 50.2 Å². The summed E-state index contributed by atoms with van der Waals surface area (Å²) in [5.74, 6) is 0.0853. The number of nitrogens with zero attached hydrogens (tertiary/aromatic N) is 2. The van der Waals surface area contributed by atoms with E-state index in [1.165, 1.54) is 5.56 Å². The van der Waals surface area contributed by atoms with Gasteiger partial charge in [-0.25, -0.2) is 4.98 Å². The van der Waals surface area contributed by atoms with E-state index in [4.69, 9.17) is 4.98 Å². The van der Waals surface area contributed by atoms with E-state index in [9.17, 15) is 9.59 Å². The molecule has 33 heavy (non-hydrogen) atoms. The van der Waals surface area contributed by atoms with Crippen LogP contribution in [-0.4, -0.2) is 27.1 Å². The molecule has 5 heteroatoms. The second-order valence-corrected chi connectivity index (χ2v) is 8.77. The van der Waals surface area contributed by atoms with E-state index in [0.29, 0.717) is 18.4 Å². The first-order chi connectivity index (χ1) is 15.8. The fourth-order valence-electron chi connectivity index (χ4n) is 3.97. The van der Waals surface area contributed by atoms with Crippen LogP contribution in [0.25, 0.3) is 28.0 Å². The Morgan fingerprint density at radius 2 is 1.55 bits per heavy atom. The summed E-state index contributed by atoms with van der Waals surface area (Å²) in [5, 5.41) is 2.98. The predicted octanol–water partition coefficient (Wildman–Crippen LogP) is 5.64. The number of hydrogen-bond donors (Lipinski definition) is 1. The van der Waals surface area contributed by atoms with Crippen molar-refractivity contribution in [1.82, 2.24) is 14.7 Å². The van der Waals surface area contributed by atoms with Crippen LogP contribution in [0.4, 0.5) is 0 Å². The number of carbonyl (C=O) groups is 2. The van der Waals surface area contributed by atoms with Gasteiger partial charge in [0, 0.05) is 29.8 Å². The minimum absolute atomic E-state index is 0.0331. The molecule has 0 radical (unpaired) electrons.